The molecule has 102 valence electrons. The van der Waals surface area contributed by atoms with Crippen molar-refractivity contribution in [2.75, 3.05) is 12.4 Å². The van der Waals surface area contributed by atoms with Crippen LogP contribution in [0.2, 0.25) is 0 Å². The number of hydrogen-bond acceptors (Lipinski definition) is 4. The van der Waals surface area contributed by atoms with Crippen LogP contribution in [0.4, 0.5) is 5.82 Å². The summed E-state index contributed by atoms with van der Waals surface area (Å²) in [5, 5.41) is 2.84. The summed E-state index contributed by atoms with van der Waals surface area (Å²) < 4.78 is 11.6. The summed E-state index contributed by atoms with van der Waals surface area (Å²) in [5.74, 6) is 1.10. The van der Waals surface area contributed by atoms with Gasteiger partial charge in [-0.2, -0.15) is 0 Å². The third kappa shape index (κ3) is 2.47. The Morgan fingerprint density at radius 3 is 3.05 bits per heavy atom. The van der Waals surface area contributed by atoms with Crippen molar-refractivity contribution in [2.24, 2.45) is 5.92 Å². The Balaban J connectivity index is 1.69. The minimum atomic E-state index is -0.0461. The largest absolute Gasteiger partial charge is 0.495 e. The standard InChI is InChI=1S/C13H15BrN2O3/c1-18-11-5-12(15-6-9(11)14)16-13(17)8-4-7-2-3-10(8)19-7/h5-8,10H,2-4H2,1H3,(H,15,16,17)/t7-,8-,10+/m1/s1. The van der Waals surface area contributed by atoms with Crippen molar-refractivity contribution in [3.05, 3.63) is 16.7 Å². The van der Waals surface area contributed by atoms with Gasteiger partial charge in [-0.25, -0.2) is 4.98 Å². The Morgan fingerprint density at radius 1 is 1.58 bits per heavy atom. The number of nitrogens with zero attached hydrogens (tertiary/aromatic N) is 1. The van der Waals surface area contributed by atoms with Gasteiger partial charge in [0.1, 0.15) is 11.6 Å². The molecule has 0 saturated carbocycles. The monoisotopic (exact) mass is 326 g/mol. The predicted octanol–water partition coefficient (Wildman–Crippen LogP) is 2.36. The number of pyridine rings is 1. The number of methoxy groups -OCH3 is 1. The van der Waals surface area contributed by atoms with E-state index in [0.717, 1.165) is 23.7 Å². The molecule has 3 atom stereocenters. The zero-order chi connectivity index (χ0) is 13.4. The van der Waals surface area contributed by atoms with Gasteiger partial charge in [0.25, 0.3) is 0 Å². The molecule has 0 aromatic carbocycles. The first-order valence-corrected chi connectivity index (χ1v) is 7.12. The molecule has 2 aliphatic rings. The van der Waals surface area contributed by atoms with Crippen LogP contribution in [0, 0.1) is 5.92 Å². The van der Waals surface area contributed by atoms with Gasteiger partial charge in [0.05, 0.1) is 29.7 Å². The van der Waals surface area contributed by atoms with Gasteiger partial charge in [0.15, 0.2) is 0 Å². The van der Waals surface area contributed by atoms with E-state index in [1.165, 1.54) is 0 Å². The summed E-state index contributed by atoms with van der Waals surface area (Å²) in [6.07, 6.45) is 4.87. The highest BCUT2D eigenvalue weighted by Gasteiger charge is 2.44. The van der Waals surface area contributed by atoms with Crippen molar-refractivity contribution >= 4 is 27.7 Å². The van der Waals surface area contributed by atoms with Crippen LogP contribution in [0.5, 0.6) is 5.75 Å². The zero-order valence-electron chi connectivity index (χ0n) is 10.6. The van der Waals surface area contributed by atoms with E-state index >= 15 is 0 Å². The number of ether oxygens (including phenoxy) is 2. The molecule has 3 heterocycles. The van der Waals surface area contributed by atoms with E-state index in [1.54, 1.807) is 19.4 Å². The van der Waals surface area contributed by atoms with Gasteiger partial charge >= 0.3 is 0 Å². The van der Waals surface area contributed by atoms with Crippen LogP contribution >= 0.6 is 15.9 Å². The molecule has 1 amide bonds. The second-order valence-corrected chi connectivity index (χ2v) is 5.76. The van der Waals surface area contributed by atoms with E-state index in [2.05, 4.69) is 26.2 Å². The third-order valence-electron chi connectivity index (χ3n) is 3.73. The molecule has 2 aliphatic heterocycles. The molecule has 5 nitrogen and oxygen atoms in total. The number of anilines is 1. The maximum absolute atomic E-state index is 12.2. The molecule has 1 aromatic heterocycles. The highest BCUT2D eigenvalue weighted by molar-refractivity contribution is 9.10. The number of carbonyl (C=O) groups is 1. The summed E-state index contributed by atoms with van der Waals surface area (Å²) in [6.45, 7) is 0. The maximum Gasteiger partial charge on any atom is 0.231 e. The Hall–Kier alpha value is -1.14. The molecule has 6 heteroatoms. The smallest absolute Gasteiger partial charge is 0.231 e. The average molecular weight is 327 g/mol. The molecular formula is C13H15BrN2O3. The van der Waals surface area contributed by atoms with Gasteiger partial charge in [0.2, 0.25) is 5.91 Å². The van der Waals surface area contributed by atoms with Crippen molar-refractivity contribution in [1.82, 2.24) is 4.98 Å². The van der Waals surface area contributed by atoms with E-state index in [1.807, 2.05) is 0 Å². The lowest BCUT2D eigenvalue weighted by atomic mass is 9.88. The summed E-state index contributed by atoms with van der Waals surface area (Å²) in [6, 6.07) is 1.70. The van der Waals surface area contributed by atoms with Gasteiger partial charge in [-0.05, 0) is 35.2 Å². The molecule has 3 rings (SSSR count). The van der Waals surface area contributed by atoms with Crippen molar-refractivity contribution in [3.63, 3.8) is 0 Å². The molecule has 2 fully saturated rings. The number of nitrogens with one attached hydrogen (secondary N) is 1. The summed E-state index contributed by atoms with van der Waals surface area (Å²) in [5.41, 5.74) is 0. The minimum absolute atomic E-state index is 0.0101. The van der Waals surface area contributed by atoms with Crippen LogP contribution in [0.1, 0.15) is 19.3 Å². The third-order valence-corrected chi connectivity index (χ3v) is 4.33. The number of halogens is 1. The van der Waals surface area contributed by atoms with Crippen LogP contribution in [-0.4, -0.2) is 30.2 Å². The Morgan fingerprint density at radius 2 is 2.42 bits per heavy atom. The van der Waals surface area contributed by atoms with Crippen LogP contribution in [0.3, 0.4) is 0 Å². The van der Waals surface area contributed by atoms with Crippen LogP contribution in [-0.2, 0) is 9.53 Å². The van der Waals surface area contributed by atoms with Crippen LogP contribution < -0.4 is 10.1 Å². The van der Waals surface area contributed by atoms with Crippen LogP contribution in [0.25, 0.3) is 0 Å². The highest BCUT2D eigenvalue weighted by atomic mass is 79.9. The van der Waals surface area contributed by atoms with Crippen molar-refractivity contribution in [1.29, 1.82) is 0 Å². The van der Waals surface area contributed by atoms with E-state index in [4.69, 9.17) is 9.47 Å². The van der Waals surface area contributed by atoms with E-state index < -0.39 is 0 Å². The number of hydrogen-bond donors (Lipinski definition) is 1. The fourth-order valence-corrected chi connectivity index (χ4v) is 3.16. The minimum Gasteiger partial charge on any atom is -0.495 e. The number of fused-ring (bicyclic) bond motifs is 2. The molecule has 1 N–H and O–H groups in total. The van der Waals surface area contributed by atoms with Crippen molar-refractivity contribution in [3.8, 4) is 5.75 Å². The SMILES string of the molecule is COc1cc(NC(=O)[C@@H]2C[C@H]3CC[C@@H]2O3)ncc1Br. The van der Waals surface area contributed by atoms with E-state index in [0.29, 0.717) is 11.6 Å². The summed E-state index contributed by atoms with van der Waals surface area (Å²) in [4.78, 5) is 16.4. The van der Waals surface area contributed by atoms with Gasteiger partial charge in [0, 0.05) is 12.3 Å². The Bertz CT molecular complexity index is 509. The number of carbonyl (C=O) groups excluding carboxylic acids is 1. The first-order chi connectivity index (χ1) is 9.17. The molecule has 19 heavy (non-hydrogen) atoms. The highest BCUT2D eigenvalue weighted by Crippen LogP contribution is 2.39. The Kier molecular flexibility index (Phi) is 3.45. The molecule has 0 unspecified atom stereocenters. The van der Waals surface area contributed by atoms with Gasteiger partial charge in [-0.15, -0.1) is 0 Å². The molecule has 1 aromatic rings. The summed E-state index contributed by atoms with van der Waals surface area (Å²) in [7, 11) is 1.58. The maximum atomic E-state index is 12.2. The zero-order valence-corrected chi connectivity index (χ0v) is 12.1. The number of aromatic nitrogens is 1. The second-order valence-electron chi connectivity index (χ2n) is 4.91. The fraction of sp³-hybridized carbons (Fsp3) is 0.538. The Labute approximate surface area is 119 Å². The number of rotatable bonds is 3. The molecule has 0 spiro atoms. The molecule has 2 bridgehead atoms. The lowest BCUT2D eigenvalue weighted by Crippen LogP contribution is -2.30. The second kappa shape index (κ2) is 5.09. The van der Waals surface area contributed by atoms with E-state index in [-0.39, 0.29) is 24.0 Å². The normalized spacial score (nSPS) is 28.4. The molecule has 2 saturated heterocycles. The average Bonchev–Trinajstić information content (AvgIpc) is 3.03. The van der Waals surface area contributed by atoms with Gasteiger partial charge < -0.3 is 14.8 Å². The lowest BCUT2D eigenvalue weighted by Gasteiger charge is -2.17. The van der Waals surface area contributed by atoms with Gasteiger partial charge in [-0.3, -0.25) is 4.79 Å². The predicted molar refractivity (Wildman–Crippen MR) is 73.1 cm³/mol. The molecule has 0 radical (unpaired) electrons. The first-order valence-electron chi connectivity index (χ1n) is 6.33. The molecule has 0 aliphatic carbocycles. The first kappa shape index (κ1) is 12.9. The topological polar surface area (TPSA) is 60.5 Å². The summed E-state index contributed by atoms with van der Waals surface area (Å²) >= 11 is 3.33. The van der Waals surface area contributed by atoms with Gasteiger partial charge in [-0.1, -0.05) is 0 Å². The lowest BCUT2D eigenvalue weighted by molar-refractivity contribution is -0.121. The van der Waals surface area contributed by atoms with Crippen molar-refractivity contribution in [2.45, 2.75) is 31.5 Å². The van der Waals surface area contributed by atoms with E-state index in [9.17, 15) is 4.79 Å². The van der Waals surface area contributed by atoms with Crippen molar-refractivity contribution < 1.29 is 14.3 Å². The molecular weight excluding hydrogens is 312 g/mol. The fourth-order valence-electron chi connectivity index (χ4n) is 2.78. The quantitative estimate of drug-likeness (QED) is 0.926. The number of amides is 1. The van der Waals surface area contributed by atoms with Crippen LogP contribution in [0.15, 0.2) is 16.7 Å².